The zero-order chi connectivity index (χ0) is 28.3. The van der Waals surface area contributed by atoms with E-state index in [1.54, 1.807) is 36.4 Å². The molecule has 4 aromatic rings. The van der Waals surface area contributed by atoms with Gasteiger partial charge in [0, 0.05) is 48.3 Å². The van der Waals surface area contributed by atoms with E-state index in [2.05, 4.69) is 25.3 Å². The summed E-state index contributed by atoms with van der Waals surface area (Å²) in [7, 11) is -2.72. The smallest absolute Gasteiger partial charge is 0.263 e. The van der Waals surface area contributed by atoms with E-state index in [-0.39, 0.29) is 40.4 Å². The number of nitrogens with one attached hydrogen (secondary N) is 3. The lowest BCUT2D eigenvalue weighted by Crippen LogP contribution is -2.28. The van der Waals surface area contributed by atoms with E-state index in [1.165, 1.54) is 37.4 Å². The summed E-state index contributed by atoms with van der Waals surface area (Å²) in [6.45, 7) is 0. The summed E-state index contributed by atoms with van der Waals surface area (Å²) < 4.78 is 34.6. The zero-order valence-corrected chi connectivity index (χ0v) is 22.4. The lowest BCUT2D eigenvalue weighted by Gasteiger charge is -2.20. The Morgan fingerprint density at radius 3 is 2.45 bits per heavy atom. The molecule has 1 unspecified atom stereocenters. The van der Waals surface area contributed by atoms with E-state index in [9.17, 15) is 23.1 Å². The van der Waals surface area contributed by atoms with Gasteiger partial charge in [0.1, 0.15) is 17.3 Å². The van der Waals surface area contributed by atoms with Crippen LogP contribution in [-0.2, 0) is 19.6 Å². The van der Waals surface area contributed by atoms with E-state index in [0.717, 1.165) is 0 Å². The van der Waals surface area contributed by atoms with Gasteiger partial charge >= 0.3 is 0 Å². The van der Waals surface area contributed by atoms with E-state index in [4.69, 9.17) is 4.74 Å². The summed E-state index contributed by atoms with van der Waals surface area (Å²) in [5, 5.41) is 15.8. The summed E-state index contributed by atoms with van der Waals surface area (Å²) in [6.07, 6.45) is 1.94. The molecule has 1 fully saturated rings. The fraction of sp³-hybridized carbons (Fsp3) is 0.214. The molecule has 0 spiro atoms. The second-order valence-corrected chi connectivity index (χ2v) is 11.1. The molecule has 1 aliphatic rings. The third kappa shape index (κ3) is 6.12. The quantitative estimate of drug-likeness (QED) is 0.241. The molecule has 0 bridgehead atoms. The largest absolute Gasteiger partial charge is 0.508 e. The lowest BCUT2D eigenvalue weighted by atomic mass is 9.88. The fourth-order valence-electron chi connectivity index (χ4n) is 4.49. The molecule has 3 aromatic carbocycles. The molecule has 0 aliphatic heterocycles. The van der Waals surface area contributed by atoms with Crippen molar-refractivity contribution in [2.75, 3.05) is 22.5 Å². The van der Waals surface area contributed by atoms with Crippen LogP contribution in [0.15, 0.2) is 71.6 Å². The first-order valence-electron chi connectivity index (χ1n) is 12.6. The van der Waals surface area contributed by atoms with Crippen LogP contribution in [-0.4, -0.2) is 42.3 Å². The number of fused-ring (bicyclic) bond motifs is 1. The van der Waals surface area contributed by atoms with Crippen LogP contribution in [0.1, 0.15) is 25.7 Å². The normalized spacial score (nSPS) is 15.4. The standard InChI is InChI=1S/C28H27N5O6S/c1-39-22-14-19(13-21(35)16-22)29-26-27(32-25-11-3-2-10-24(25)31-26)33-40(37,38)23-9-5-7-18(15-23)30-28(36)17-6-4-8-20(34)12-17/h2-3,5,7,9-11,13-17,35H,4,6,8,12H2,1H3,(H,29,31)(H,30,36)(H,32,33). The van der Waals surface area contributed by atoms with Gasteiger partial charge in [0.15, 0.2) is 11.6 Å². The minimum Gasteiger partial charge on any atom is -0.508 e. The summed E-state index contributed by atoms with van der Waals surface area (Å²) >= 11 is 0. The Labute approximate surface area is 230 Å². The number of hydrogen-bond acceptors (Lipinski definition) is 9. The molecular formula is C28H27N5O6S. The predicted molar refractivity (Wildman–Crippen MR) is 150 cm³/mol. The van der Waals surface area contributed by atoms with Gasteiger partial charge in [0.2, 0.25) is 5.91 Å². The molecule has 4 N–H and O–H groups in total. The number of sulfonamides is 1. The Bertz CT molecular complexity index is 1710. The number of para-hydroxylation sites is 2. The topological polar surface area (TPSA) is 160 Å². The van der Waals surface area contributed by atoms with Crippen LogP contribution in [0.3, 0.4) is 0 Å². The zero-order valence-electron chi connectivity index (χ0n) is 21.5. The number of phenols is 1. The first-order chi connectivity index (χ1) is 19.2. The highest BCUT2D eigenvalue weighted by Gasteiger charge is 2.26. The number of ketones is 1. The summed E-state index contributed by atoms with van der Waals surface area (Å²) in [4.78, 5) is 33.4. The molecule has 0 radical (unpaired) electrons. The first kappa shape index (κ1) is 26.9. The van der Waals surface area contributed by atoms with E-state index in [0.29, 0.717) is 47.4 Å². The summed E-state index contributed by atoms with van der Waals surface area (Å²) in [5.41, 5.74) is 1.67. The van der Waals surface area contributed by atoms with E-state index >= 15 is 0 Å². The van der Waals surface area contributed by atoms with Crippen molar-refractivity contribution >= 4 is 55.8 Å². The first-order valence-corrected chi connectivity index (χ1v) is 14.1. The highest BCUT2D eigenvalue weighted by atomic mass is 32.2. The number of methoxy groups -OCH3 is 1. The van der Waals surface area contributed by atoms with Gasteiger partial charge in [-0.1, -0.05) is 18.2 Å². The molecule has 0 saturated heterocycles. The lowest BCUT2D eigenvalue weighted by molar-refractivity contribution is -0.128. The number of aromatic hydroxyl groups is 1. The number of hydrogen-bond donors (Lipinski definition) is 4. The number of anilines is 4. The van der Waals surface area contributed by atoms with Gasteiger partial charge in [0.25, 0.3) is 10.0 Å². The number of amides is 1. The van der Waals surface area contributed by atoms with Crippen molar-refractivity contribution in [2.45, 2.75) is 30.6 Å². The van der Waals surface area contributed by atoms with Gasteiger partial charge in [-0.25, -0.2) is 18.4 Å². The van der Waals surface area contributed by atoms with Crippen molar-refractivity contribution in [3.8, 4) is 11.5 Å². The number of carbonyl (C=O) groups is 2. The number of rotatable bonds is 8. The molecule has 5 rings (SSSR count). The Balaban J connectivity index is 1.44. The van der Waals surface area contributed by atoms with Crippen molar-refractivity contribution in [2.24, 2.45) is 5.92 Å². The monoisotopic (exact) mass is 561 g/mol. The average Bonchev–Trinajstić information content (AvgIpc) is 2.93. The van der Waals surface area contributed by atoms with Gasteiger partial charge in [-0.15, -0.1) is 0 Å². The van der Waals surface area contributed by atoms with Crippen molar-refractivity contribution in [1.82, 2.24) is 9.97 Å². The van der Waals surface area contributed by atoms with Crippen LogP contribution in [0.2, 0.25) is 0 Å². The number of phenolic OH excluding ortho intramolecular Hbond substituents is 1. The van der Waals surface area contributed by atoms with Crippen LogP contribution < -0.4 is 20.1 Å². The molecule has 1 amide bonds. The molecule has 1 aliphatic carbocycles. The Morgan fingerprint density at radius 2 is 1.73 bits per heavy atom. The minimum absolute atomic E-state index is 0.0528. The Kier molecular flexibility index (Phi) is 7.52. The Morgan fingerprint density at radius 1 is 0.975 bits per heavy atom. The number of Topliss-reactive ketones (excluding diaryl/α,β-unsaturated/α-hetero) is 1. The van der Waals surface area contributed by atoms with Gasteiger partial charge in [-0.2, -0.15) is 0 Å². The maximum atomic E-state index is 13.5. The fourth-order valence-corrected chi connectivity index (χ4v) is 5.54. The number of carbonyl (C=O) groups excluding carboxylic acids is 2. The van der Waals surface area contributed by atoms with Crippen molar-refractivity contribution in [3.05, 3.63) is 66.7 Å². The highest BCUT2D eigenvalue weighted by Crippen LogP contribution is 2.31. The maximum absolute atomic E-state index is 13.5. The number of nitrogens with zero attached hydrogens (tertiary/aromatic N) is 2. The van der Waals surface area contributed by atoms with Gasteiger partial charge in [0.05, 0.1) is 23.0 Å². The average molecular weight is 562 g/mol. The molecule has 12 heteroatoms. The van der Waals surface area contributed by atoms with Crippen LogP contribution in [0.4, 0.5) is 23.0 Å². The predicted octanol–water partition coefficient (Wildman–Crippen LogP) is 4.59. The van der Waals surface area contributed by atoms with Gasteiger partial charge in [-0.05, 0) is 43.2 Å². The maximum Gasteiger partial charge on any atom is 0.263 e. The van der Waals surface area contributed by atoms with Gasteiger partial charge in [-0.3, -0.25) is 14.3 Å². The number of aromatic nitrogens is 2. The van der Waals surface area contributed by atoms with Crippen LogP contribution in [0, 0.1) is 5.92 Å². The molecule has 1 aromatic heterocycles. The summed E-state index contributed by atoms with van der Waals surface area (Å²) in [5.74, 6) is -0.347. The van der Waals surface area contributed by atoms with Crippen molar-refractivity contribution in [3.63, 3.8) is 0 Å². The molecular weight excluding hydrogens is 534 g/mol. The van der Waals surface area contributed by atoms with Crippen LogP contribution in [0.25, 0.3) is 11.0 Å². The minimum atomic E-state index is -4.18. The number of benzene rings is 3. The Hall–Kier alpha value is -4.71. The number of ether oxygens (including phenoxy) is 1. The van der Waals surface area contributed by atoms with Gasteiger partial charge < -0.3 is 20.5 Å². The second-order valence-electron chi connectivity index (χ2n) is 9.41. The second kappa shape index (κ2) is 11.2. The highest BCUT2D eigenvalue weighted by molar-refractivity contribution is 7.92. The molecule has 1 atom stereocenters. The van der Waals surface area contributed by atoms with Crippen LogP contribution in [0.5, 0.6) is 11.5 Å². The van der Waals surface area contributed by atoms with Crippen molar-refractivity contribution in [1.29, 1.82) is 0 Å². The van der Waals surface area contributed by atoms with Crippen molar-refractivity contribution < 1.29 is 27.9 Å². The third-order valence-corrected chi connectivity index (χ3v) is 7.79. The molecule has 1 saturated carbocycles. The third-order valence-electron chi connectivity index (χ3n) is 6.46. The molecule has 206 valence electrons. The van der Waals surface area contributed by atoms with E-state index in [1.807, 2.05) is 0 Å². The molecule has 40 heavy (non-hydrogen) atoms. The summed E-state index contributed by atoms with van der Waals surface area (Å²) in [6, 6.07) is 17.3. The molecule has 11 nitrogen and oxygen atoms in total. The van der Waals surface area contributed by atoms with E-state index < -0.39 is 15.9 Å². The molecule has 1 heterocycles. The van der Waals surface area contributed by atoms with Crippen LogP contribution >= 0.6 is 0 Å². The SMILES string of the molecule is COc1cc(O)cc(Nc2nc3ccccc3nc2NS(=O)(=O)c2cccc(NC(=O)C3CCCC(=O)C3)c2)c1.